The van der Waals surface area contributed by atoms with E-state index in [1.807, 2.05) is 12.1 Å². The van der Waals surface area contributed by atoms with Crippen molar-refractivity contribution in [3.63, 3.8) is 0 Å². The van der Waals surface area contributed by atoms with Gasteiger partial charge in [-0.25, -0.2) is 4.39 Å². The molecule has 0 spiro atoms. The van der Waals surface area contributed by atoms with Gasteiger partial charge in [-0.2, -0.15) is 0 Å². The van der Waals surface area contributed by atoms with Crippen LogP contribution < -0.4 is 5.32 Å². The number of hydrogen-bond donors (Lipinski definition) is 1. The zero-order valence-corrected chi connectivity index (χ0v) is 11.1. The number of rotatable bonds is 3. The molecule has 0 radical (unpaired) electrons. The molecule has 0 saturated heterocycles. The molecule has 4 heteroatoms. The van der Waals surface area contributed by atoms with Crippen molar-refractivity contribution in [2.24, 2.45) is 0 Å². The van der Waals surface area contributed by atoms with Gasteiger partial charge in [0.2, 0.25) is 0 Å². The lowest BCUT2D eigenvalue weighted by Crippen LogP contribution is -2.21. The fourth-order valence-corrected chi connectivity index (χ4v) is 1.82. The van der Waals surface area contributed by atoms with Crippen LogP contribution in [0, 0.1) is 5.82 Å². The Morgan fingerprint density at radius 1 is 1.06 bits per heavy atom. The maximum Gasteiger partial charge on any atom is 0.123 e. The topological polar surface area (TPSA) is 12.0 Å². The van der Waals surface area contributed by atoms with E-state index in [1.54, 1.807) is 24.3 Å². The summed E-state index contributed by atoms with van der Waals surface area (Å²) in [5, 5.41) is 3.80. The molecular weight excluding hydrogens is 269 g/mol. The molecule has 18 heavy (non-hydrogen) atoms. The Hall–Kier alpha value is -1.45. The van der Waals surface area contributed by atoms with E-state index in [1.165, 1.54) is 12.1 Å². The molecule has 0 heterocycles. The van der Waals surface area contributed by atoms with Gasteiger partial charge in [-0.05, 0) is 29.8 Å². The van der Waals surface area contributed by atoms with Gasteiger partial charge in [-0.3, -0.25) is 0 Å². The molecule has 0 aromatic heterocycles. The fourth-order valence-electron chi connectivity index (χ4n) is 1.49. The van der Waals surface area contributed by atoms with Crippen LogP contribution in [0.4, 0.5) is 4.39 Å². The van der Waals surface area contributed by atoms with Gasteiger partial charge in [0, 0.05) is 17.1 Å². The van der Waals surface area contributed by atoms with Crippen LogP contribution in [-0.4, -0.2) is 4.99 Å². The predicted molar refractivity (Wildman–Crippen MR) is 76.4 cm³/mol. The first-order chi connectivity index (χ1) is 8.65. The smallest absolute Gasteiger partial charge is 0.123 e. The van der Waals surface area contributed by atoms with E-state index >= 15 is 0 Å². The Morgan fingerprint density at radius 2 is 1.67 bits per heavy atom. The number of nitrogens with one attached hydrogen (secondary N) is 1. The molecule has 0 aliphatic heterocycles. The van der Waals surface area contributed by atoms with Gasteiger partial charge < -0.3 is 5.32 Å². The van der Waals surface area contributed by atoms with E-state index in [-0.39, 0.29) is 5.82 Å². The summed E-state index contributed by atoms with van der Waals surface area (Å²) in [4.78, 5) is 0.649. The summed E-state index contributed by atoms with van der Waals surface area (Å²) in [6.45, 7) is 0.571. The minimum atomic E-state index is -0.237. The second-order valence-corrected chi connectivity index (χ2v) is 4.66. The molecule has 0 aliphatic rings. The lowest BCUT2D eigenvalue weighted by atomic mass is 10.2. The van der Waals surface area contributed by atoms with E-state index in [4.69, 9.17) is 23.8 Å². The molecule has 0 saturated carbocycles. The average molecular weight is 280 g/mol. The highest BCUT2D eigenvalue weighted by Crippen LogP contribution is 2.10. The van der Waals surface area contributed by atoms with Crippen molar-refractivity contribution in [1.82, 2.24) is 5.32 Å². The standard InChI is InChI=1S/C14H11ClFNS/c15-12-5-3-11(4-6-12)14(18)17-9-10-1-7-13(16)8-2-10/h1-8H,9H2,(H,17,18). The summed E-state index contributed by atoms with van der Waals surface area (Å²) in [5.74, 6) is -0.237. The maximum absolute atomic E-state index is 12.7. The van der Waals surface area contributed by atoms with Gasteiger partial charge >= 0.3 is 0 Å². The van der Waals surface area contributed by atoms with Gasteiger partial charge in [0.15, 0.2) is 0 Å². The third-order valence-electron chi connectivity index (χ3n) is 2.47. The summed E-state index contributed by atoms with van der Waals surface area (Å²) in [7, 11) is 0. The Labute approximate surface area is 116 Å². The van der Waals surface area contributed by atoms with Crippen LogP contribution >= 0.6 is 23.8 Å². The molecule has 1 N–H and O–H groups in total. The van der Waals surface area contributed by atoms with Gasteiger partial charge in [0.05, 0.1) is 0 Å². The van der Waals surface area contributed by atoms with E-state index in [0.29, 0.717) is 16.6 Å². The normalized spacial score (nSPS) is 10.1. The SMILES string of the molecule is Fc1ccc(CNC(=S)c2ccc(Cl)cc2)cc1. The zero-order chi connectivity index (χ0) is 13.0. The van der Waals surface area contributed by atoms with Crippen molar-refractivity contribution < 1.29 is 4.39 Å². The van der Waals surface area contributed by atoms with Crippen molar-refractivity contribution in [1.29, 1.82) is 0 Å². The quantitative estimate of drug-likeness (QED) is 0.854. The molecule has 0 fully saturated rings. The van der Waals surface area contributed by atoms with E-state index in [9.17, 15) is 4.39 Å². The molecule has 2 rings (SSSR count). The Morgan fingerprint density at radius 3 is 2.28 bits per heavy atom. The van der Waals surface area contributed by atoms with Crippen LogP contribution in [0.2, 0.25) is 5.02 Å². The predicted octanol–water partition coefficient (Wildman–Crippen LogP) is 3.94. The second kappa shape index (κ2) is 5.94. The minimum Gasteiger partial charge on any atom is -0.372 e. The highest BCUT2D eigenvalue weighted by molar-refractivity contribution is 7.80. The maximum atomic E-state index is 12.7. The third-order valence-corrected chi connectivity index (χ3v) is 3.10. The molecule has 92 valence electrons. The summed E-state index contributed by atoms with van der Waals surface area (Å²) < 4.78 is 12.7. The number of halogens is 2. The third kappa shape index (κ3) is 3.52. The van der Waals surface area contributed by atoms with Crippen molar-refractivity contribution in [2.45, 2.75) is 6.54 Å². The van der Waals surface area contributed by atoms with Crippen molar-refractivity contribution in [2.75, 3.05) is 0 Å². The molecule has 1 nitrogen and oxygen atoms in total. The highest BCUT2D eigenvalue weighted by atomic mass is 35.5. The summed E-state index contributed by atoms with van der Waals surface area (Å²) >= 11 is 11.1. The van der Waals surface area contributed by atoms with E-state index in [0.717, 1.165) is 11.1 Å². The van der Waals surface area contributed by atoms with Crippen LogP contribution in [0.25, 0.3) is 0 Å². The molecule has 2 aromatic rings. The first-order valence-electron chi connectivity index (χ1n) is 5.43. The molecule has 0 unspecified atom stereocenters. The summed E-state index contributed by atoms with van der Waals surface area (Å²) in [6.07, 6.45) is 0. The summed E-state index contributed by atoms with van der Waals surface area (Å²) in [6, 6.07) is 13.6. The average Bonchev–Trinajstić information content (AvgIpc) is 2.38. The largest absolute Gasteiger partial charge is 0.372 e. The van der Waals surface area contributed by atoms with Gasteiger partial charge in [0.1, 0.15) is 10.8 Å². The lowest BCUT2D eigenvalue weighted by molar-refractivity contribution is 0.627. The van der Waals surface area contributed by atoms with Crippen LogP contribution in [0.1, 0.15) is 11.1 Å². The van der Waals surface area contributed by atoms with Crippen LogP contribution in [0.5, 0.6) is 0 Å². The second-order valence-electron chi connectivity index (χ2n) is 3.82. The molecule has 0 bridgehead atoms. The minimum absolute atomic E-state index is 0.237. The lowest BCUT2D eigenvalue weighted by Gasteiger charge is -2.08. The molecule has 0 atom stereocenters. The van der Waals surface area contributed by atoms with Crippen LogP contribution in [0.15, 0.2) is 48.5 Å². The summed E-state index contributed by atoms with van der Waals surface area (Å²) in [5.41, 5.74) is 1.89. The number of hydrogen-bond acceptors (Lipinski definition) is 1. The highest BCUT2D eigenvalue weighted by Gasteiger charge is 2.01. The fraction of sp³-hybridized carbons (Fsp3) is 0.0714. The monoisotopic (exact) mass is 279 g/mol. The first-order valence-corrected chi connectivity index (χ1v) is 6.22. The van der Waals surface area contributed by atoms with E-state index < -0.39 is 0 Å². The molecule has 0 amide bonds. The zero-order valence-electron chi connectivity index (χ0n) is 9.49. The number of benzene rings is 2. The van der Waals surface area contributed by atoms with Gasteiger partial charge in [-0.1, -0.05) is 48.1 Å². The van der Waals surface area contributed by atoms with Crippen molar-refractivity contribution in [3.8, 4) is 0 Å². The van der Waals surface area contributed by atoms with Gasteiger partial charge in [-0.15, -0.1) is 0 Å². The Bertz CT molecular complexity index is 537. The Balaban J connectivity index is 1.96. The van der Waals surface area contributed by atoms with Gasteiger partial charge in [0.25, 0.3) is 0 Å². The van der Waals surface area contributed by atoms with Crippen LogP contribution in [0.3, 0.4) is 0 Å². The van der Waals surface area contributed by atoms with Crippen molar-refractivity contribution >= 4 is 28.8 Å². The molecule has 2 aromatic carbocycles. The van der Waals surface area contributed by atoms with E-state index in [2.05, 4.69) is 5.32 Å². The molecule has 0 aliphatic carbocycles. The number of thiocarbonyl (C=S) groups is 1. The van der Waals surface area contributed by atoms with Crippen molar-refractivity contribution in [3.05, 3.63) is 70.5 Å². The van der Waals surface area contributed by atoms with Crippen LogP contribution in [-0.2, 0) is 6.54 Å². The Kier molecular flexibility index (Phi) is 4.28. The molecular formula is C14H11ClFNS. The first kappa shape index (κ1) is 13.0.